The summed E-state index contributed by atoms with van der Waals surface area (Å²) in [6.45, 7) is 0.582. The van der Waals surface area contributed by atoms with Crippen molar-refractivity contribution in [1.29, 1.82) is 0 Å². The highest BCUT2D eigenvalue weighted by atomic mass is 16.5. The van der Waals surface area contributed by atoms with Gasteiger partial charge in [-0.05, 0) is 23.3 Å². The number of hydrogen-bond acceptors (Lipinski definition) is 9. The van der Waals surface area contributed by atoms with Crippen LogP contribution in [0.2, 0.25) is 0 Å². The molecule has 0 saturated heterocycles. The van der Waals surface area contributed by atoms with Crippen LogP contribution in [0.15, 0.2) is 61.6 Å². The fraction of sp³-hybridized carbons (Fsp3) is 0.182. The topological polar surface area (TPSA) is 130 Å². The number of carbonyl (C=O) groups excluding carboxylic acids is 1. The molecular weight excluding hydrogens is 436 g/mol. The third-order valence-electron chi connectivity index (χ3n) is 5.27. The van der Waals surface area contributed by atoms with E-state index in [1.165, 1.54) is 19.8 Å². The number of nitrogens with one attached hydrogen (secondary N) is 2. The summed E-state index contributed by atoms with van der Waals surface area (Å²) in [5.41, 5.74) is 7.37. The summed E-state index contributed by atoms with van der Waals surface area (Å²) in [6.07, 6.45) is 8.64. The molecule has 5 rings (SSSR count). The molecule has 4 aromatic heterocycles. The van der Waals surface area contributed by atoms with E-state index in [0.717, 1.165) is 22.1 Å². The number of aryl methyl sites for hydroxylation is 1. The number of nitrogens with zero attached hydrogens (tertiary/aromatic N) is 8. The van der Waals surface area contributed by atoms with E-state index in [0.29, 0.717) is 24.0 Å². The third kappa shape index (κ3) is 4.28. The number of anilines is 2. The van der Waals surface area contributed by atoms with Crippen LogP contribution in [0.1, 0.15) is 5.56 Å². The molecule has 0 fully saturated rings. The molecule has 5 aromatic rings. The minimum atomic E-state index is -0.404. The van der Waals surface area contributed by atoms with Crippen LogP contribution in [0.5, 0.6) is 0 Å². The maximum absolute atomic E-state index is 11.6. The molecule has 4 heterocycles. The Morgan fingerprint density at radius 2 is 2.09 bits per heavy atom. The molecule has 0 aliphatic carbocycles. The first-order chi connectivity index (χ1) is 16.6. The molecule has 0 amide bonds. The molecule has 34 heavy (non-hydrogen) atoms. The molecule has 0 atom stereocenters. The molecular formula is C22H22N10O2. The highest BCUT2D eigenvalue weighted by molar-refractivity contribution is 5.88. The van der Waals surface area contributed by atoms with Crippen LogP contribution in [0, 0.1) is 0 Å². The number of carbonyl (C=O) groups is 1. The first-order valence-corrected chi connectivity index (χ1v) is 10.5. The van der Waals surface area contributed by atoms with Crippen molar-refractivity contribution in [3.63, 3.8) is 0 Å². The SMILES string of the molecule is COC(=O)Cn1cnnc1Nc1ncnc2c1ccn2NCc1cccc(-c2cnn(C)c2)c1. The van der Waals surface area contributed by atoms with Crippen LogP contribution >= 0.6 is 0 Å². The Kier molecular flexibility index (Phi) is 5.60. The predicted octanol–water partition coefficient (Wildman–Crippen LogP) is 2.08. The first kappa shape index (κ1) is 21.1. The quantitative estimate of drug-likeness (QED) is 0.336. The summed E-state index contributed by atoms with van der Waals surface area (Å²) < 4.78 is 9.89. The number of rotatable bonds is 8. The van der Waals surface area contributed by atoms with E-state index in [-0.39, 0.29) is 6.54 Å². The fourth-order valence-corrected chi connectivity index (χ4v) is 3.56. The van der Waals surface area contributed by atoms with Crippen molar-refractivity contribution >= 4 is 28.8 Å². The Hall–Kier alpha value is -4.74. The van der Waals surface area contributed by atoms with Crippen molar-refractivity contribution in [2.24, 2.45) is 7.05 Å². The molecule has 12 nitrogen and oxygen atoms in total. The van der Waals surface area contributed by atoms with E-state index in [1.54, 1.807) is 9.25 Å². The van der Waals surface area contributed by atoms with Crippen molar-refractivity contribution in [3.8, 4) is 11.1 Å². The first-order valence-electron chi connectivity index (χ1n) is 10.5. The van der Waals surface area contributed by atoms with Gasteiger partial charge in [-0.15, -0.1) is 10.2 Å². The summed E-state index contributed by atoms with van der Waals surface area (Å²) in [4.78, 5) is 20.4. The van der Waals surface area contributed by atoms with Gasteiger partial charge in [-0.25, -0.2) is 14.6 Å². The second kappa shape index (κ2) is 9.02. The van der Waals surface area contributed by atoms with Gasteiger partial charge in [0.2, 0.25) is 5.95 Å². The Morgan fingerprint density at radius 3 is 2.91 bits per heavy atom. The largest absolute Gasteiger partial charge is 0.468 e. The lowest BCUT2D eigenvalue weighted by Crippen LogP contribution is -2.14. The van der Waals surface area contributed by atoms with Crippen LogP contribution in [-0.4, -0.2) is 52.3 Å². The standard InChI is InChI=1S/C22H22N10O2/c1-30-11-17(10-26-30)16-5-3-4-15(8-16)9-27-32-7-6-18-20(23-13-24-21(18)32)28-22-29-25-14-31(22)12-19(33)34-2/h3-8,10-11,13-14,27H,9,12H2,1-2H3,(H,23,24,28,29). The highest BCUT2D eigenvalue weighted by Crippen LogP contribution is 2.23. The Bertz CT molecular complexity index is 1450. The number of ether oxygens (including phenoxy) is 1. The highest BCUT2D eigenvalue weighted by Gasteiger charge is 2.13. The molecule has 0 aliphatic heterocycles. The Balaban J connectivity index is 1.34. The van der Waals surface area contributed by atoms with Crippen molar-refractivity contribution in [3.05, 3.63) is 67.1 Å². The van der Waals surface area contributed by atoms with Gasteiger partial charge in [0.05, 0.1) is 25.2 Å². The molecule has 12 heteroatoms. The smallest absolute Gasteiger partial charge is 0.325 e. The van der Waals surface area contributed by atoms with E-state index in [1.807, 2.05) is 42.4 Å². The molecule has 172 valence electrons. The van der Waals surface area contributed by atoms with Gasteiger partial charge in [0.25, 0.3) is 0 Å². The molecule has 0 spiro atoms. The summed E-state index contributed by atoms with van der Waals surface area (Å²) in [5.74, 6) is 0.514. The van der Waals surface area contributed by atoms with E-state index in [9.17, 15) is 4.79 Å². The van der Waals surface area contributed by atoms with Gasteiger partial charge in [0, 0.05) is 25.0 Å². The van der Waals surface area contributed by atoms with Crippen LogP contribution in [-0.2, 0) is 29.7 Å². The number of benzene rings is 1. The lowest BCUT2D eigenvalue weighted by Gasteiger charge is -2.11. The Morgan fingerprint density at radius 1 is 1.18 bits per heavy atom. The van der Waals surface area contributed by atoms with E-state index in [4.69, 9.17) is 4.74 Å². The van der Waals surface area contributed by atoms with Crippen LogP contribution in [0.4, 0.5) is 11.8 Å². The summed E-state index contributed by atoms with van der Waals surface area (Å²) >= 11 is 0. The van der Waals surface area contributed by atoms with Crippen LogP contribution in [0.25, 0.3) is 22.2 Å². The average molecular weight is 458 g/mol. The molecule has 2 N–H and O–H groups in total. The summed E-state index contributed by atoms with van der Waals surface area (Å²) in [6, 6.07) is 10.2. The van der Waals surface area contributed by atoms with Crippen LogP contribution < -0.4 is 10.7 Å². The van der Waals surface area contributed by atoms with Gasteiger partial charge in [-0.3, -0.25) is 14.0 Å². The normalized spacial score (nSPS) is 11.0. The van der Waals surface area contributed by atoms with Gasteiger partial charge in [0.1, 0.15) is 25.0 Å². The van der Waals surface area contributed by atoms with E-state index in [2.05, 4.69) is 54.2 Å². The lowest BCUT2D eigenvalue weighted by molar-refractivity contribution is -0.141. The van der Waals surface area contributed by atoms with Crippen molar-refractivity contribution in [2.75, 3.05) is 17.9 Å². The number of aromatic nitrogens is 8. The Labute approximate surface area is 194 Å². The second-order valence-electron chi connectivity index (χ2n) is 7.57. The molecule has 0 saturated carbocycles. The minimum absolute atomic E-state index is 0.0132. The van der Waals surface area contributed by atoms with Crippen molar-refractivity contribution in [2.45, 2.75) is 13.1 Å². The predicted molar refractivity (Wildman–Crippen MR) is 125 cm³/mol. The number of hydrogen-bond donors (Lipinski definition) is 2. The average Bonchev–Trinajstić information content (AvgIpc) is 3.59. The third-order valence-corrected chi connectivity index (χ3v) is 5.27. The minimum Gasteiger partial charge on any atom is -0.468 e. The van der Waals surface area contributed by atoms with Gasteiger partial charge in [-0.1, -0.05) is 18.2 Å². The van der Waals surface area contributed by atoms with Gasteiger partial charge in [0.15, 0.2) is 5.65 Å². The summed E-state index contributed by atoms with van der Waals surface area (Å²) in [5, 5.41) is 16.0. The van der Waals surface area contributed by atoms with Gasteiger partial charge < -0.3 is 15.5 Å². The van der Waals surface area contributed by atoms with Gasteiger partial charge in [-0.2, -0.15) is 5.10 Å². The molecule has 0 radical (unpaired) electrons. The zero-order valence-electron chi connectivity index (χ0n) is 18.6. The van der Waals surface area contributed by atoms with Crippen molar-refractivity contribution in [1.82, 2.24) is 39.2 Å². The molecule has 0 aliphatic rings. The molecule has 0 unspecified atom stereocenters. The molecule has 1 aromatic carbocycles. The zero-order valence-corrected chi connectivity index (χ0v) is 18.6. The number of fused-ring (bicyclic) bond motifs is 1. The fourth-order valence-electron chi connectivity index (χ4n) is 3.56. The monoisotopic (exact) mass is 458 g/mol. The maximum atomic E-state index is 11.6. The van der Waals surface area contributed by atoms with E-state index >= 15 is 0 Å². The van der Waals surface area contributed by atoms with Crippen molar-refractivity contribution < 1.29 is 9.53 Å². The zero-order chi connectivity index (χ0) is 23.5. The maximum Gasteiger partial charge on any atom is 0.325 e. The lowest BCUT2D eigenvalue weighted by atomic mass is 10.1. The number of esters is 1. The van der Waals surface area contributed by atoms with Crippen LogP contribution in [0.3, 0.4) is 0 Å². The number of methoxy groups -OCH3 is 1. The summed E-state index contributed by atoms with van der Waals surface area (Å²) in [7, 11) is 3.23. The molecule has 0 bridgehead atoms. The van der Waals surface area contributed by atoms with E-state index < -0.39 is 5.97 Å². The second-order valence-corrected chi connectivity index (χ2v) is 7.57. The van der Waals surface area contributed by atoms with Gasteiger partial charge >= 0.3 is 5.97 Å².